The van der Waals surface area contributed by atoms with Crippen molar-refractivity contribution in [1.29, 1.82) is 0 Å². The molecule has 0 aromatic heterocycles. The SMILES string of the molecule is CC(C)(C)c1ccc2c(c1)C1(c3cc(C(C)(C)C)ccc3-2)c2ccccc2-c2cccc(B3OC(C)(C)C(C)(C)O3)c21. The molecule has 0 atom stereocenters. The third-order valence-corrected chi connectivity index (χ3v) is 10.5. The van der Waals surface area contributed by atoms with Crippen molar-refractivity contribution in [3.05, 3.63) is 112 Å². The van der Waals surface area contributed by atoms with E-state index < -0.39 is 23.7 Å². The smallest absolute Gasteiger partial charge is 0.399 e. The third-order valence-electron chi connectivity index (χ3n) is 10.5. The molecule has 1 saturated heterocycles. The van der Waals surface area contributed by atoms with Crippen molar-refractivity contribution < 1.29 is 9.31 Å². The lowest BCUT2D eigenvalue weighted by Crippen LogP contribution is -2.42. The number of rotatable bonds is 1. The fourth-order valence-electron chi connectivity index (χ4n) is 7.38. The number of hydrogen-bond donors (Lipinski definition) is 0. The zero-order valence-electron chi connectivity index (χ0n) is 26.9. The maximum absolute atomic E-state index is 6.79. The van der Waals surface area contributed by atoms with E-state index in [1.807, 2.05) is 0 Å². The Balaban J connectivity index is 1.63. The number of hydrogen-bond acceptors (Lipinski definition) is 2. The molecule has 0 N–H and O–H groups in total. The van der Waals surface area contributed by atoms with Crippen molar-refractivity contribution in [2.75, 3.05) is 0 Å². The normalized spacial score (nSPS) is 19.0. The van der Waals surface area contributed by atoms with Crippen molar-refractivity contribution in [1.82, 2.24) is 0 Å². The molecule has 3 heteroatoms. The van der Waals surface area contributed by atoms with E-state index in [9.17, 15) is 0 Å². The van der Waals surface area contributed by atoms with E-state index in [0.29, 0.717) is 0 Å². The molecule has 0 amide bonds. The van der Waals surface area contributed by atoms with Gasteiger partial charge in [-0.3, -0.25) is 0 Å². The van der Waals surface area contributed by atoms with Gasteiger partial charge in [-0.2, -0.15) is 0 Å². The Bertz CT molecular complexity index is 1680. The van der Waals surface area contributed by atoms with Crippen molar-refractivity contribution in [3.8, 4) is 22.3 Å². The molecule has 214 valence electrons. The van der Waals surface area contributed by atoms with Crippen LogP contribution in [-0.2, 0) is 25.6 Å². The zero-order valence-corrected chi connectivity index (χ0v) is 26.9. The molecule has 0 unspecified atom stereocenters. The predicted octanol–water partition coefficient (Wildman–Crippen LogP) is 8.92. The molecule has 2 aliphatic carbocycles. The van der Waals surface area contributed by atoms with Gasteiger partial charge in [0.2, 0.25) is 0 Å². The molecule has 42 heavy (non-hydrogen) atoms. The fraction of sp³-hybridized carbons (Fsp3) is 0.385. The van der Waals surface area contributed by atoms with Crippen LogP contribution in [0.25, 0.3) is 22.3 Å². The van der Waals surface area contributed by atoms with Crippen LogP contribution < -0.4 is 5.46 Å². The second-order valence-electron chi connectivity index (χ2n) is 15.7. The number of benzene rings is 4. The van der Waals surface area contributed by atoms with E-state index in [-0.39, 0.29) is 10.8 Å². The van der Waals surface area contributed by atoms with Gasteiger partial charge < -0.3 is 9.31 Å². The van der Waals surface area contributed by atoms with Crippen LogP contribution in [0.3, 0.4) is 0 Å². The first-order valence-corrected chi connectivity index (χ1v) is 15.5. The van der Waals surface area contributed by atoms with Gasteiger partial charge >= 0.3 is 7.12 Å². The molecule has 0 radical (unpaired) electrons. The van der Waals surface area contributed by atoms with E-state index in [2.05, 4.69) is 148 Å². The van der Waals surface area contributed by atoms with Gasteiger partial charge in [0.05, 0.1) is 16.6 Å². The minimum atomic E-state index is -0.473. The van der Waals surface area contributed by atoms with Gasteiger partial charge in [0.1, 0.15) is 0 Å². The quantitative estimate of drug-likeness (QED) is 0.189. The summed E-state index contributed by atoms with van der Waals surface area (Å²) in [6.07, 6.45) is 0. The molecule has 1 fully saturated rings. The van der Waals surface area contributed by atoms with Gasteiger partial charge in [0, 0.05) is 0 Å². The minimum absolute atomic E-state index is 0.0216. The maximum Gasteiger partial charge on any atom is 0.495 e. The van der Waals surface area contributed by atoms with Crippen LogP contribution in [0.4, 0.5) is 0 Å². The predicted molar refractivity (Wildman–Crippen MR) is 176 cm³/mol. The topological polar surface area (TPSA) is 18.5 Å². The van der Waals surface area contributed by atoms with E-state index >= 15 is 0 Å². The van der Waals surface area contributed by atoms with Crippen molar-refractivity contribution in [2.45, 2.75) is 96.7 Å². The number of fused-ring (bicyclic) bond motifs is 10. The van der Waals surface area contributed by atoms with Crippen molar-refractivity contribution >= 4 is 12.6 Å². The van der Waals surface area contributed by atoms with E-state index in [1.165, 1.54) is 55.6 Å². The molecule has 0 saturated carbocycles. The highest BCUT2D eigenvalue weighted by Crippen LogP contribution is 2.63. The molecule has 2 nitrogen and oxygen atoms in total. The van der Waals surface area contributed by atoms with Gasteiger partial charge in [0.15, 0.2) is 0 Å². The summed E-state index contributed by atoms with van der Waals surface area (Å²) in [4.78, 5) is 0. The van der Waals surface area contributed by atoms with E-state index in [4.69, 9.17) is 9.31 Å². The van der Waals surface area contributed by atoms with Crippen LogP contribution in [0.5, 0.6) is 0 Å². The Labute approximate surface area is 252 Å². The average molecular weight is 555 g/mol. The van der Waals surface area contributed by atoms with E-state index in [1.54, 1.807) is 0 Å². The summed E-state index contributed by atoms with van der Waals surface area (Å²) in [7, 11) is -0.458. The highest BCUT2D eigenvalue weighted by molar-refractivity contribution is 6.63. The highest BCUT2D eigenvalue weighted by atomic mass is 16.7. The first kappa shape index (κ1) is 27.7. The lowest BCUT2D eigenvalue weighted by atomic mass is 9.63. The summed E-state index contributed by atoms with van der Waals surface area (Å²) < 4.78 is 13.6. The van der Waals surface area contributed by atoms with Gasteiger partial charge in [-0.25, -0.2) is 0 Å². The Morgan fingerprint density at radius 3 is 1.52 bits per heavy atom. The van der Waals surface area contributed by atoms with Gasteiger partial charge in [-0.1, -0.05) is 120 Å². The standard InChI is InChI=1S/C39H43BO2/c1-35(2,3)24-18-20-27-28-21-19-25(36(4,5)6)23-32(28)39(31(27)22-24)30-16-12-11-14-26(30)29-15-13-17-33(34(29)39)40-41-37(7,8)38(9,10)42-40/h11-23H,1-10H3. The van der Waals surface area contributed by atoms with Crippen LogP contribution in [0.1, 0.15) is 103 Å². The lowest BCUT2D eigenvalue weighted by Gasteiger charge is -2.34. The summed E-state index contributed by atoms with van der Waals surface area (Å²) in [6, 6.07) is 30.2. The molecular formula is C39H43BO2. The van der Waals surface area contributed by atoms with Crippen molar-refractivity contribution in [3.63, 3.8) is 0 Å². The molecular weight excluding hydrogens is 511 g/mol. The summed E-state index contributed by atoms with van der Waals surface area (Å²) in [6.45, 7) is 22.5. The molecule has 3 aliphatic rings. The molecule has 1 aliphatic heterocycles. The van der Waals surface area contributed by atoms with Crippen LogP contribution >= 0.6 is 0 Å². The second kappa shape index (κ2) is 8.49. The van der Waals surface area contributed by atoms with Crippen LogP contribution in [0, 0.1) is 0 Å². The first-order valence-electron chi connectivity index (χ1n) is 15.5. The second-order valence-corrected chi connectivity index (χ2v) is 15.7. The van der Waals surface area contributed by atoms with Crippen LogP contribution in [0.15, 0.2) is 78.9 Å². The Hall–Kier alpha value is -3.14. The summed E-state index contributed by atoms with van der Waals surface area (Å²) in [5.41, 5.74) is 13.2. The van der Waals surface area contributed by atoms with Gasteiger partial charge in [-0.05, 0) is 99.6 Å². The van der Waals surface area contributed by atoms with E-state index in [0.717, 1.165) is 5.46 Å². The third kappa shape index (κ3) is 3.59. The molecule has 1 spiro atoms. The monoisotopic (exact) mass is 554 g/mol. The fourth-order valence-corrected chi connectivity index (χ4v) is 7.38. The minimum Gasteiger partial charge on any atom is -0.399 e. The molecule has 4 aromatic carbocycles. The zero-order chi connectivity index (χ0) is 30.0. The Kier molecular flexibility index (Phi) is 5.59. The van der Waals surface area contributed by atoms with Crippen LogP contribution in [0.2, 0.25) is 0 Å². The highest BCUT2D eigenvalue weighted by Gasteiger charge is 2.58. The average Bonchev–Trinajstić information content (AvgIpc) is 3.46. The summed E-state index contributed by atoms with van der Waals surface area (Å²) >= 11 is 0. The molecule has 0 bridgehead atoms. The Morgan fingerprint density at radius 2 is 1.00 bits per heavy atom. The molecule has 7 rings (SSSR count). The van der Waals surface area contributed by atoms with Gasteiger partial charge in [-0.15, -0.1) is 0 Å². The first-order chi connectivity index (χ1) is 19.6. The summed E-state index contributed by atoms with van der Waals surface area (Å²) in [5.74, 6) is 0. The largest absolute Gasteiger partial charge is 0.495 e. The summed E-state index contributed by atoms with van der Waals surface area (Å²) in [5, 5.41) is 0. The molecule has 4 aromatic rings. The van der Waals surface area contributed by atoms with Crippen LogP contribution in [-0.4, -0.2) is 18.3 Å². The lowest BCUT2D eigenvalue weighted by molar-refractivity contribution is 0.00578. The molecule has 1 heterocycles. The van der Waals surface area contributed by atoms with Crippen molar-refractivity contribution in [2.24, 2.45) is 0 Å². The maximum atomic E-state index is 6.79. The van der Waals surface area contributed by atoms with Gasteiger partial charge in [0.25, 0.3) is 0 Å². The Morgan fingerprint density at radius 1 is 0.524 bits per heavy atom.